The first-order chi connectivity index (χ1) is 5.43. The maximum Gasteiger partial charge on any atom is 0.304 e. The van der Waals surface area contributed by atoms with Gasteiger partial charge in [0, 0.05) is 0 Å². The third-order valence-electron chi connectivity index (χ3n) is 1.17. The average Bonchev–Trinajstić information content (AvgIpc) is 1.84. The van der Waals surface area contributed by atoms with Gasteiger partial charge in [-0.3, -0.25) is 4.79 Å². The van der Waals surface area contributed by atoms with Crippen LogP contribution in [0.2, 0.25) is 0 Å². The van der Waals surface area contributed by atoms with Gasteiger partial charge in [0.05, 0.1) is 17.2 Å². The van der Waals surface area contributed by atoms with E-state index in [9.17, 15) is 4.79 Å². The molecule has 0 rings (SSSR count). The average molecular weight is 254 g/mol. The van der Waals surface area contributed by atoms with Crippen LogP contribution >= 0.6 is 46.4 Å². The van der Waals surface area contributed by atoms with Crippen molar-refractivity contribution in [3.8, 4) is 0 Å². The molecule has 0 aromatic carbocycles. The molecule has 0 saturated carbocycles. The first-order valence-corrected chi connectivity index (χ1v) is 4.96. The zero-order valence-corrected chi connectivity index (χ0v) is 9.04. The number of aliphatic carboxylic acids is 1. The Hall–Kier alpha value is 0.630. The summed E-state index contributed by atoms with van der Waals surface area (Å²) in [4.78, 5) is 9.58. The van der Waals surface area contributed by atoms with Gasteiger partial charge in [0.1, 0.15) is 4.84 Å². The Balaban J connectivity index is 3.76. The fourth-order valence-corrected chi connectivity index (χ4v) is 1.68. The predicted molar refractivity (Wildman–Crippen MR) is 51.6 cm³/mol. The zero-order valence-electron chi connectivity index (χ0n) is 6.01. The molecule has 0 bridgehead atoms. The van der Waals surface area contributed by atoms with Gasteiger partial charge < -0.3 is 5.11 Å². The Morgan fingerprint density at radius 2 is 1.67 bits per heavy atom. The second-order valence-electron chi connectivity index (χ2n) is 2.26. The van der Waals surface area contributed by atoms with Gasteiger partial charge in [-0.1, -0.05) is 0 Å². The lowest BCUT2D eigenvalue weighted by atomic mass is 10.2. The van der Waals surface area contributed by atoms with Crippen LogP contribution in [-0.4, -0.2) is 26.7 Å². The van der Waals surface area contributed by atoms with E-state index in [-0.39, 0.29) is 12.8 Å². The van der Waals surface area contributed by atoms with Crippen LogP contribution < -0.4 is 0 Å². The van der Waals surface area contributed by atoms with Crippen molar-refractivity contribution in [1.82, 2.24) is 0 Å². The van der Waals surface area contributed by atoms with Crippen LogP contribution in [0.1, 0.15) is 12.8 Å². The van der Waals surface area contributed by atoms with Crippen LogP contribution in [0.15, 0.2) is 0 Å². The van der Waals surface area contributed by atoms with Crippen molar-refractivity contribution in [2.45, 2.75) is 28.4 Å². The Morgan fingerprint density at radius 1 is 1.17 bits per heavy atom. The van der Waals surface area contributed by atoms with Crippen LogP contribution in [0.5, 0.6) is 0 Å². The minimum Gasteiger partial charge on any atom is -0.481 e. The van der Waals surface area contributed by atoms with Gasteiger partial charge in [-0.15, -0.1) is 46.4 Å². The summed E-state index contributed by atoms with van der Waals surface area (Å²) >= 11 is 22.2. The third kappa shape index (κ3) is 6.18. The SMILES string of the molecule is O=C(O)CC(Cl)C(Cl)CC(Cl)Cl. The van der Waals surface area contributed by atoms with Crippen LogP contribution in [0, 0.1) is 0 Å². The molecule has 0 aliphatic carbocycles. The monoisotopic (exact) mass is 252 g/mol. The molecule has 0 fully saturated rings. The minimum atomic E-state index is -0.985. The highest BCUT2D eigenvalue weighted by Crippen LogP contribution is 2.22. The molecule has 2 atom stereocenters. The van der Waals surface area contributed by atoms with Crippen LogP contribution in [0.25, 0.3) is 0 Å². The van der Waals surface area contributed by atoms with E-state index >= 15 is 0 Å². The Bertz CT molecular complexity index is 150. The van der Waals surface area contributed by atoms with Crippen LogP contribution in [-0.2, 0) is 4.79 Å². The topological polar surface area (TPSA) is 37.3 Å². The second-order valence-corrected chi connectivity index (χ2v) is 4.65. The van der Waals surface area contributed by atoms with E-state index in [2.05, 4.69) is 0 Å². The van der Waals surface area contributed by atoms with E-state index in [4.69, 9.17) is 51.5 Å². The molecule has 1 N–H and O–H groups in total. The van der Waals surface area contributed by atoms with Gasteiger partial charge in [0.2, 0.25) is 0 Å². The molecule has 0 aromatic heterocycles. The predicted octanol–water partition coefficient (Wildman–Crippen LogP) is 2.87. The van der Waals surface area contributed by atoms with Crippen molar-refractivity contribution in [3.63, 3.8) is 0 Å². The molecule has 0 amide bonds. The van der Waals surface area contributed by atoms with Crippen molar-refractivity contribution in [2.24, 2.45) is 0 Å². The molecular weight excluding hydrogens is 246 g/mol. The summed E-state index contributed by atoms with van der Waals surface area (Å²) in [5, 5.41) is 7.21. The summed E-state index contributed by atoms with van der Waals surface area (Å²) < 4.78 is 0. The molecule has 0 radical (unpaired) electrons. The number of carbonyl (C=O) groups is 1. The molecule has 12 heavy (non-hydrogen) atoms. The van der Waals surface area contributed by atoms with Crippen LogP contribution in [0.3, 0.4) is 0 Å². The highest BCUT2D eigenvalue weighted by molar-refractivity contribution is 6.44. The van der Waals surface area contributed by atoms with E-state index in [1.165, 1.54) is 0 Å². The molecule has 6 heteroatoms. The van der Waals surface area contributed by atoms with Crippen molar-refractivity contribution >= 4 is 52.4 Å². The number of hydrogen-bond donors (Lipinski definition) is 1. The Labute approximate surface area is 90.7 Å². The normalized spacial score (nSPS) is 16.1. The van der Waals surface area contributed by atoms with Crippen molar-refractivity contribution in [1.29, 1.82) is 0 Å². The molecule has 0 heterocycles. The molecule has 0 spiro atoms. The molecular formula is C6H8Cl4O2. The van der Waals surface area contributed by atoms with Crippen LogP contribution in [0.4, 0.5) is 0 Å². The lowest BCUT2D eigenvalue weighted by Gasteiger charge is -2.13. The lowest BCUT2D eigenvalue weighted by Crippen LogP contribution is -2.20. The number of alkyl halides is 4. The Morgan fingerprint density at radius 3 is 2.00 bits per heavy atom. The fraction of sp³-hybridized carbons (Fsp3) is 0.833. The van der Waals surface area contributed by atoms with Gasteiger partial charge in [-0.2, -0.15) is 0 Å². The number of carboxylic acids is 1. The maximum atomic E-state index is 10.2. The van der Waals surface area contributed by atoms with E-state index in [1.54, 1.807) is 0 Å². The highest BCUT2D eigenvalue weighted by atomic mass is 35.5. The van der Waals surface area contributed by atoms with E-state index < -0.39 is 21.6 Å². The molecule has 2 nitrogen and oxygen atoms in total. The summed E-state index contributed by atoms with van der Waals surface area (Å²) in [5.74, 6) is -0.985. The zero-order chi connectivity index (χ0) is 9.72. The molecule has 0 aromatic rings. The summed E-state index contributed by atoms with van der Waals surface area (Å²) in [6, 6.07) is 0. The molecule has 0 aliphatic rings. The number of rotatable bonds is 5. The summed E-state index contributed by atoms with van der Waals surface area (Å²) in [5.41, 5.74) is 0. The number of halogens is 4. The largest absolute Gasteiger partial charge is 0.481 e. The van der Waals surface area contributed by atoms with E-state index in [0.717, 1.165) is 0 Å². The molecule has 72 valence electrons. The van der Waals surface area contributed by atoms with Crippen molar-refractivity contribution in [3.05, 3.63) is 0 Å². The quantitative estimate of drug-likeness (QED) is 0.766. The first kappa shape index (κ1) is 12.6. The van der Waals surface area contributed by atoms with Gasteiger partial charge in [-0.25, -0.2) is 0 Å². The highest BCUT2D eigenvalue weighted by Gasteiger charge is 2.21. The van der Waals surface area contributed by atoms with Gasteiger partial charge in [-0.05, 0) is 6.42 Å². The lowest BCUT2D eigenvalue weighted by molar-refractivity contribution is -0.137. The number of hydrogen-bond acceptors (Lipinski definition) is 1. The van der Waals surface area contributed by atoms with Crippen molar-refractivity contribution < 1.29 is 9.90 Å². The number of carboxylic acid groups (broad SMARTS) is 1. The molecule has 2 unspecified atom stereocenters. The Kier molecular flexibility index (Phi) is 6.46. The van der Waals surface area contributed by atoms with Crippen molar-refractivity contribution in [2.75, 3.05) is 0 Å². The second kappa shape index (κ2) is 6.14. The summed E-state index contributed by atoms with van der Waals surface area (Å²) in [6.07, 6.45) is 0.0995. The van der Waals surface area contributed by atoms with E-state index in [1.807, 2.05) is 0 Å². The first-order valence-electron chi connectivity index (χ1n) is 3.21. The summed E-state index contributed by atoms with van der Waals surface area (Å²) in [7, 11) is 0. The third-order valence-corrected chi connectivity index (χ3v) is 2.59. The molecule has 0 saturated heterocycles. The van der Waals surface area contributed by atoms with E-state index in [0.29, 0.717) is 0 Å². The smallest absolute Gasteiger partial charge is 0.304 e. The van der Waals surface area contributed by atoms with Gasteiger partial charge in [0.25, 0.3) is 0 Å². The van der Waals surface area contributed by atoms with Gasteiger partial charge >= 0.3 is 5.97 Å². The maximum absolute atomic E-state index is 10.2. The standard InChI is InChI=1S/C6H8Cl4O2/c7-3(1-5(9)10)4(8)2-6(11)12/h3-5H,1-2H2,(H,11,12). The minimum absolute atomic E-state index is 0.184. The fourth-order valence-electron chi connectivity index (χ4n) is 0.613. The van der Waals surface area contributed by atoms with Gasteiger partial charge in [0.15, 0.2) is 0 Å². The summed E-state index contributed by atoms with van der Waals surface area (Å²) in [6.45, 7) is 0. The molecule has 0 aliphatic heterocycles.